The van der Waals surface area contributed by atoms with E-state index in [-0.39, 0.29) is 0 Å². The molecule has 0 aromatic heterocycles. The second-order valence-electron chi connectivity index (χ2n) is 3.89. The van der Waals surface area contributed by atoms with Crippen molar-refractivity contribution in [2.45, 2.75) is 6.54 Å². The van der Waals surface area contributed by atoms with Crippen molar-refractivity contribution in [3.05, 3.63) is 54.4 Å². The number of rotatable bonds is 3. The highest BCUT2D eigenvalue weighted by Crippen LogP contribution is 2.11. The van der Waals surface area contributed by atoms with Crippen molar-refractivity contribution in [3.8, 4) is 0 Å². The van der Waals surface area contributed by atoms with Crippen LogP contribution in [0.25, 0.3) is 6.08 Å². The molecule has 0 radical (unpaired) electrons. The fraction of sp³-hybridized carbons (Fsp3) is 0.231. The predicted octanol–water partition coefficient (Wildman–Crippen LogP) is 2.51. The lowest BCUT2D eigenvalue weighted by Gasteiger charge is -2.18. The van der Waals surface area contributed by atoms with Crippen LogP contribution >= 0.6 is 0 Å². The molecule has 78 valence electrons. The van der Waals surface area contributed by atoms with E-state index in [2.05, 4.69) is 60.1 Å². The van der Waals surface area contributed by atoms with Gasteiger partial charge in [0.2, 0.25) is 0 Å². The van der Waals surface area contributed by atoms with E-state index in [1.165, 1.54) is 11.1 Å². The normalized spacial score (nSPS) is 14.7. The Morgan fingerprint density at radius 3 is 2.53 bits per heavy atom. The summed E-state index contributed by atoms with van der Waals surface area (Å²) in [7, 11) is 2.08. The first-order chi connectivity index (χ1) is 7.28. The average Bonchev–Trinajstić information content (AvgIpc) is 2.65. The molecule has 0 fully saturated rings. The van der Waals surface area contributed by atoms with Gasteiger partial charge in [-0.3, -0.25) is 0 Å². The molecule has 0 atom stereocenters. The van der Waals surface area contributed by atoms with Crippen LogP contribution in [0.15, 0.2) is 43.2 Å². The zero-order valence-corrected chi connectivity index (χ0v) is 9.06. The molecular weight excluding hydrogens is 184 g/mol. The molecule has 15 heavy (non-hydrogen) atoms. The molecule has 2 nitrogen and oxygen atoms in total. The van der Waals surface area contributed by atoms with Crippen molar-refractivity contribution in [1.29, 1.82) is 0 Å². The molecule has 0 saturated heterocycles. The summed E-state index contributed by atoms with van der Waals surface area (Å²) in [5, 5.41) is 0. The molecule has 0 spiro atoms. The van der Waals surface area contributed by atoms with Gasteiger partial charge < -0.3 is 9.80 Å². The first kappa shape index (κ1) is 9.84. The van der Waals surface area contributed by atoms with Crippen LogP contribution in [0, 0.1) is 0 Å². The fourth-order valence-electron chi connectivity index (χ4n) is 1.69. The molecule has 2 heteroatoms. The Balaban J connectivity index is 1.99. The Hall–Kier alpha value is -1.70. The van der Waals surface area contributed by atoms with Crippen LogP contribution in [0.3, 0.4) is 0 Å². The minimum absolute atomic E-state index is 0.970. The van der Waals surface area contributed by atoms with E-state index in [0.29, 0.717) is 0 Å². The summed E-state index contributed by atoms with van der Waals surface area (Å²) < 4.78 is 0. The molecular formula is C13H16N2. The Kier molecular flexibility index (Phi) is 2.77. The van der Waals surface area contributed by atoms with Crippen molar-refractivity contribution in [1.82, 2.24) is 9.80 Å². The monoisotopic (exact) mass is 200 g/mol. The Labute approximate surface area is 91.1 Å². The predicted molar refractivity (Wildman–Crippen MR) is 63.8 cm³/mol. The van der Waals surface area contributed by atoms with E-state index in [4.69, 9.17) is 0 Å². The lowest BCUT2D eigenvalue weighted by molar-refractivity contribution is 0.291. The molecule has 2 rings (SSSR count). The van der Waals surface area contributed by atoms with Gasteiger partial charge in [0.1, 0.15) is 0 Å². The number of hydrogen-bond donors (Lipinski definition) is 0. The van der Waals surface area contributed by atoms with Crippen molar-refractivity contribution in [2.24, 2.45) is 0 Å². The Bertz CT molecular complexity index is 365. The topological polar surface area (TPSA) is 6.48 Å². The molecule has 0 aliphatic carbocycles. The Morgan fingerprint density at radius 1 is 1.27 bits per heavy atom. The summed E-state index contributed by atoms with van der Waals surface area (Å²) >= 11 is 0. The number of hydrogen-bond acceptors (Lipinski definition) is 2. The van der Waals surface area contributed by atoms with Crippen LogP contribution in [-0.4, -0.2) is 23.5 Å². The standard InChI is InChI=1S/C13H16N2/c1-3-12-4-6-13(7-5-12)10-15-9-8-14(2)11-15/h3-9H,1,10-11H2,2H3. The highest BCUT2D eigenvalue weighted by atomic mass is 15.3. The van der Waals surface area contributed by atoms with E-state index in [0.717, 1.165) is 13.2 Å². The van der Waals surface area contributed by atoms with E-state index in [1.54, 1.807) is 0 Å². The first-order valence-corrected chi connectivity index (χ1v) is 5.12. The quantitative estimate of drug-likeness (QED) is 0.739. The van der Waals surface area contributed by atoms with Gasteiger partial charge in [0.05, 0.1) is 6.67 Å². The van der Waals surface area contributed by atoms with Gasteiger partial charge in [-0.25, -0.2) is 0 Å². The van der Waals surface area contributed by atoms with Crippen LogP contribution in [0.1, 0.15) is 11.1 Å². The third-order valence-electron chi connectivity index (χ3n) is 2.54. The maximum Gasteiger partial charge on any atom is 0.0894 e. The third-order valence-corrected chi connectivity index (χ3v) is 2.54. The van der Waals surface area contributed by atoms with Gasteiger partial charge in [-0.05, 0) is 11.1 Å². The average molecular weight is 200 g/mol. The largest absolute Gasteiger partial charge is 0.362 e. The molecule has 0 saturated carbocycles. The summed E-state index contributed by atoms with van der Waals surface area (Å²) in [6, 6.07) is 8.52. The molecule has 1 aromatic carbocycles. The van der Waals surface area contributed by atoms with Crippen LogP contribution in [-0.2, 0) is 6.54 Å². The maximum atomic E-state index is 3.75. The van der Waals surface area contributed by atoms with Gasteiger partial charge in [-0.15, -0.1) is 0 Å². The van der Waals surface area contributed by atoms with Crippen molar-refractivity contribution in [2.75, 3.05) is 13.7 Å². The van der Waals surface area contributed by atoms with Crippen molar-refractivity contribution in [3.63, 3.8) is 0 Å². The minimum atomic E-state index is 0.970. The molecule has 1 aromatic rings. The SMILES string of the molecule is C=Cc1ccc(CN2C=CN(C)C2)cc1. The zero-order chi connectivity index (χ0) is 10.7. The molecule has 1 heterocycles. The molecule has 1 aliphatic heterocycles. The molecule has 0 N–H and O–H groups in total. The van der Waals surface area contributed by atoms with Gasteiger partial charge in [0, 0.05) is 26.0 Å². The second-order valence-corrected chi connectivity index (χ2v) is 3.89. The van der Waals surface area contributed by atoms with Crippen LogP contribution in [0.4, 0.5) is 0 Å². The number of benzene rings is 1. The fourth-order valence-corrected chi connectivity index (χ4v) is 1.69. The third kappa shape index (κ3) is 2.40. The zero-order valence-electron chi connectivity index (χ0n) is 9.06. The van der Waals surface area contributed by atoms with E-state index >= 15 is 0 Å². The highest BCUT2D eigenvalue weighted by Gasteiger charge is 2.07. The highest BCUT2D eigenvalue weighted by molar-refractivity contribution is 5.47. The van der Waals surface area contributed by atoms with Gasteiger partial charge in [0.15, 0.2) is 0 Å². The number of nitrogens with zero attached hydrogens (tertiary/aromatic N) is 2. The van der Waals surface area contributed by atoms with E-state index < -0.39 is 0 Å². The summed E-state index contributed by atoms with van der Waals surface area (Å²) in [6.45, 7) is 5.69. The Morgan fingerprint density at radius 2 is 2.00 bits per heavy atom. The first-order valence-electron chi connectivity index (χ1n) is 5.12. The summed E-state index contributed by atoms with van der Waals surface area (Å²) in [6.07, 6.45) is 6.09. The minimum Gasteiger partial charge on any atom is -0.362 e. The lowest BCUT2D eigenvalue weighted by Crippen LogP contribution is -2.21. The van der Waals surface area contributed by atoms with Crippen LogP contribution < -0.4 is 0 Å². The lowest BCUT2D eigenvalue weighted by atomic mass is 10.1. The van der Waals surface area contributed by atoms with Gasteiger partial charge >= 0.3 is 0 Å². The molecule has 0 amide bonds. The van der Waals surface area contributed by atoms with E-state index in [9.17, 15) is 0 Å². The molecule has 0 unspecified atom stereocenters. The second kappa shape index (κ2) is 4.22. The van der Waals surface area contributed by atoms with Crippen LogP contribution in [0.2, 0.25) is 0 Å². The summed E-state index contributed by atoms with van der Waals surface area (Å²) in [5.74, 6) is 0. The smallest absolute Gasteiger partial charge is 0.0894 e. The van der Waals surface area contributed by atoms with Gasteiger partial charge in [0.25, 0.3) is 0 Å². The molecule has 0 bridgehead atoms. The van der Waals surface area contributed by atoms with E-state index in [1.807, 2.05) is 6.08 Å². The summed E-state index contributed by atoms with van der Waals surface area (Å²) in [4.78, 5) is 4.45. The maximum absolute atomic E-state index is 3.75. The molecule has 1 aliphatic rings. The van der Waals surface area contributed by atoms with Crippen LogP contribution in [0.5, 0.6) is 0 Å². The van der Waals surface area contributed by atoms with Gasteiger partial charge in [-0.2, -0.15) is 0 Å². The summed E-state index contributed by atoms with van der Waals surface area (Å²) in [5.41, 5.74) is 2.51. The van der Waals surface area contributed by atoms with Crippen molar-refractivity contribution < 1.29 is 0 Å². The van der Waals surface area contributed by atoms with Gasteiger partial charge in [-0.1, -0.05) is 36.9 Å². The van der Waals surface area contributed by atoms with Crippen molar-refractivity contribution >= 4 is 6.08 Å².